The van der Waals surface area contributed by atoms with Gasteiger partial charge in [0.2, 0.25) is 0 Å². The van der Waals surface area contributed by atoms with Gasteiger partial charge in [0.1, 0.15) is 11.5 Å². The Morgan fingerprint density at radius 3 is 2.56 bits per heavy atom. The molecular formula is C21H18N4O2. The third-order valence-electron chi connectivity index (χ3n) is 4.60. The second-order valence-corrected chi connectivity index (χ2v) is 6.50. The van der Waals surface area contributed by atoms with Crippen LogP contribution in [-0.4, -0.2) is 25.6 Å². The molecule has 0 unspecified atom stereocenters. The van der Waals surface area contributed by atoms with Crippen LogP contribution in [-0.2, 0) is 11.2 Å². The Balaban J connectivity index is 2.05. The summed E-state index contributed by atoms with van der Waals surface area (Å²) in [7, 11) is 0. The van der Waals surface area contributed by atoms with E-state index in [9.17, 15) is 9.59 Å². The number of aromatic amines is 1. The Kier molecular flexibility index (Phi) is 4.16. The zero-order valence-corrected chi connectivity index (χ0v) is 15.1. The van der Waals surface area contributed by atoms with Crippen LogP contribution in [0.15, 0.2) is 59.5 Å². The summed E-state index contributed by atoms with van der Waals surface area (Å²) in [5.74, 6) is -0.0658. The number of nitrogens with zero attached hydrogens (tertiary/aromatic N) is 3. The van der Waals surface area contributed by atoms with Crippen LogP contribution in [0.2, 0.25) is 0 Å². The van der Waals surface area contributed by atoms with E-state index in [1.807, 2.05) is 61.7 Å². The number of Topliss-reactive ketones (excluding diaryl/α,β-unsaturated/α-hetero) is 1. The van der Waals surface area contributed by atoms with Gasteiger partial charge in [-0.2, -0.15) is 10.2 Å². The second kappa shape index (κ2) is 6.64. The first-order valence-electron chi connectivity index (χ1n) is 8.67. The van der Waals surface area contributed by atoms with Gasteiger partial charge in [-0.05, 0) is 31.5 Å². The van der Waals surface area contributed by atoms with Crippen molar-refractivity contribution in [3.63, 3.8) is 0 Å². The molecule has 1 N–H and O–H groups in total. The fourth-order valence-corrected chi connectivity index (χ4v) is 3.31. The molecule has 4 rings (SSSR count). The Morgan fingerprint density at radius 1 is 1.07 bits per heavy atom. The summed E-state index contributed by atoms with van der Waals surface area (Å²) in [6.45, 7) is 3.31. The maximum atomic E-state index is 12.2. The first-order chi connectivity index (χ1) is 13.1. The Hall–Kier alpha value is -3.54. The van der Waals surface area contributed by atoms with Crippen molar-refractivity contribution < 1.29 is 4.79 Å². The van der Waals surface area contributed by atoms with Crippen LogP contribution in [0.25, 0.3) is 28.0 Å². The summed E-state index contributed by atoms with van der Waals surface area (Å²) in [6, 6.07) is 15.7. The molecule has 6 heteroatoms. The summed E-state index contributed by atoms with van der Waals surface area (Å²) < 4.78 is 1.80. The van der Waals surface area contributed by atoms with Crippen molar-refractivity contribution >= 4 is 11.3 Å². The molecule has 27 heavy (non-hydrogen) atoms. The van der Waals surface area contributed by atoms with Crippen molar-refractivity contribution in [1.29, 1.82) is 0 Å². The van der Waals surface area contributed by atoms with Crippen molar-refractivity contribution in [2.45, 2.75) is 20.3 Å². The van der Waals surface area contributed by atoms with E-state index in [4.69, 9.17) is 5.10 Å². The van der Waals surface area contributed by atoms with Gasteiger partial charge in [-0.15, -0.1) is 0 Å². The maximum Gasteiger partial charge on any atom is 0.268 e. The Morgan fingerprint density at radius 2 is 1.81 bits per heavy atom. The molecule has 0 aliphatic rings. The molecule has 0 saturated carbocycles. The van der Waals surface area contributed by atoms with Gasteiger partial charge in [0, 0.05) is 23.7 Å². The number of benzene rings is 1. The van der Waals surface area contributed by atoms with E-state index in [1.165, 1.54) is 6.92 Å². The minimum absolute atomic E-state index is 0.0658. The van der Waals surface area contributed by atoms with Gasteiger partial charge in [0.05, 0.1) is 16.8 Å². The zero-order chi connectivity index (χ0) is 19.0. The molecule has 0 aliphatic heterocycles. The number of fused-ring (bicyclic) bond motifs is 1. The van der Waals surface area contributed by atoms with E-state index < -0.39 is 0 Å². The first kappa shape index (κ1) is 16.9. The third-order valence-corrected chi connectivity index (χ3v) is 4.60. The van der Waals surface area contributed by atoms with Gasteiger partial charge in [-0.25, -0.2) is 9.61 Å². The maximum absolute atomic E-state index is 12.2. The highest BCUT2D eigenvalue weighted by molar-refractivity contribution is 5.92. The molecule has 0 saturated heterocycles. The fraction of sp³-hybridized carbons (Fsp3) is 0.143. The molecular weight excluding hydrogens is 340 g/mol. The highest BCUT2D eigenvalue weighted by Gasteiger charge is 2.21. The van der Waals surface area contributed by atoms with Gasteiger partial charge in [0.25, 0.3) is 5.56 Å². The van der Waals surface area contributed by atoms with Gasteiger partial charge >= 0.3 is 0 Å². The molecule has 0 radical (unpaired) electrons. The SMILES string of the molecule is CC(=O)Cc1c(C)c(-c2c(-c3ccccc3)nn3ccccc23)n[nH]c1=O. The van der Waals surface area contributed by atoms with Crippen molar-refractivity contribution in [3.8, 4) is 22.5 Å². The number of pyridine rings is 1. The lowest BCUT2D eigenvalue weighted by Gasteiger charge is -2.09. The van der Waals surface area contributed by atoms with Crippen LogP contribution < -0.4 is 5.56 Å². The Bertz CT molecular complexity index is 1210. The molecule has 0 bridgehead atoms. The van der Waals surface area contributed by atoms with Crippen LogP contribution in [0.1, 0.15) is 18.1 Å². The van der Waals surface area contributed by atoms with Gasteiger partial charge in [0.15, 0.2) is 0 Å². The summed E-state index contributed by atoms with van der Waals surface area (Å²) in [6.07, 6.45) is 1.96. The normalized spacial score (nSPS) is 11.0. The number of hydrogen-bond donors (Lipinski definition) is 1. The van der Waals surface area contributed by atoms with Crippen molar-refractivity contribution in [1.82, 2.24) is 19.8 Å². The number of nitrogens with one attached hydrogen (secondary N) is 1. The van der Waals surface area contributed by atoms with Gasteiger partial charge in [-0.1, -0.05) is 36.4 Å². The van der Waals surface area contributed by atoms with E-state index in [-0.39, 0.29) is 17.8 Å². The molecule has 0 aliphatic carbocycles. The van der Waals surface area contributed by atoms with E-state index in [0.29, 0.717) is 16.8 Å². The van der Waals surface area contributed by atoms with Crippen molar-refractivity contribution in [2.24, 2.45) is 0 Å². The number of carbonyl (C=O) groups excluding carboxylic acids is 1. The van der Waals surface area contributed by atoms with E-state index in [0.717, 1.165) is 22.3 Å². The van der Waals surface area contributed by atoms with Crippen LogP contribution in [0, 0.1) is 6.92 Å². The van der Waals surface area contributed by atoms with Crippen LogP contribution in [0.3, 0.4) is 0 Å². The minimum Gasteiger partial charge on any atom is -0.300 e. The number of rotatable bonds is 4. The number of carbonyl (C=O) groups is 1. The number of ketones is 1. The second-order valence-electron chi connectivity index (χ2n) is 6.50. The Labute approximate surface area is 155 Å². The molecule has 0 atom stereocenters. The topological polar surface area (TPSA) is 80.1 Å². The van der Waals surface area contributed by atoms with E-state index >= 15 is 0 Å². The molecule has 0 fully saturated rings. The lowest BCUT2D eigenvalue weighted by atomic mass is 9.97. The highest BCUT2D eigenvalue weighted by atomic mass is 16.1. The highest BCUT2D eigenvalue weighted by Crippen LogP contribution is 2.35. The van der Waals surface area contributed by atoms with Crippen molar-refractivity contribution in [3.05, 3.63) is 76.2 Å². The fourth-order valence-electron chi connectivity index (χ4n) is 3.31. The monoisotopic (exact) mass is 358 g/mol. The summed E-state index contributed by atoms with van der Waals surface area (Å²) in [5.41, 5.74) is 4.89. The predicted molar refractivity (Wildman–Crippen MR) is 104 cm³/mol. The summed E-state index contributed by atoms with van der Waals surface area (Å²) >= 11 is 0. The lowest BCUT2D eigenvalue weighted by Crippen LogP contribution is -2.19. The third kappa shape index (κ3) is 2.95. The quantitative estimate of drug-likeness (QED) is 0.607. The molecule has 0 spiro atoms. The van der Waals surface area contributed by atoms with Gasteiger partial charge < -0.3 is 0 Å². The summed E-state index contributed by atoms with van der Waals surface area (Å²) in [4.78, 5) is 23.9. The number of aromatic nitrogens is 4. The number of H-pyrrole nitrogens is 1. The number of hydrogen-bond acceptors (Lipinski definition) is 4. The zero-order valence-electron chi connectivity index (χ0n) is 15.1. The predicted octanol–water partition coefficient (Wildman–Crippen LogP) is 3.19. The molecule has 4 aromatic rings. The molecule has 3 heterocycles. The summed E-state index contributed by atoms with van der Waals surface area (Å²) in [5, 5.41) is 11.6. The average molecular weight is 358 g/mol. The van der Waals surface area contributed by atoms with Crippen molar-refractivity contribution in [2.75, 3.05) is 0 Å². The smallest absolute Gasteiger partial charge is 0.268 e. The molecule has 0 amide bonds. The largest absolute Gasteiger partial charge is 0.300 e. The molecule has 3 aromatic heterocycles. The average Bonchev–Trinajstić information content (AvgIpc) is 3.05. The van der Waals surface area contributed by atoms with Crippen LogP contribution in [0.5, 0.6) is 0 Å². The van der Waals surface area contributed by atoms with Crippen LogP contribution in [0.4, 0.5) is 0 Å². The van der Waals surface area contributed by atoms with E-state index in [1.54, 1.807) is 4.52 Å². The molecule has 134 valence electrons. The standard InChI is InChI=1S/C21H18N4O2/c1-13(26)12-16-14(2)19(22-23-21(16)27)18-17-10-6-7-11-25(17)24-20(18)15-8-4-3-5-9-15/h3-11H,12H2,1-2H3,(H,23,27). The first-order valence-corrected chi connectivity index (χ1v) is 8.67. The van der Waals surface area contributed by atoms with Crippen LogP contribution >= 0.6 is 0 Å². The minimum atomic E-state index is -0.329. The molecule has 6 nitrogen and oxygen atoms in total. The van der Waals surface area contributed by atoms with E-state index in [2.05, 4.69) is 10.2 Å². The molecule has 1 aromatic carbocycles. The lowest BCUT2D eigenvalue weighted by molar-refractivity contribution is -0.116. The van der Waals surface area contributed by atoms with Gasteiger partial charge in [-0.3, -0.25) is 9.59 Å².